The number of fused-ring (bicyclic) bond motifs is 1. The van der Waals surface area contributed by atoms with Crippen molar-refractivity contribution in [2.45, 2.75) is 6.92 Å². The summed E-state index contributed by atoms with van der Waals surface area (Å²) in [4.78, 5) is 14.6. The Bertz CT molecular complexity index is 473. The molecule has 0 aliphatic carbocycles. The quantitative estimate of drug-likeness (QED) is 0.721. The molecule has 0 bridgehead atoms. The van der Waals surface area contributed by atoms with Gasteiger partial charge in [-0.3, -0.25) is 0 Å². The van der Waals surface area contributed by atoms with Crippen molar-refractivity contribution >= 4 is 17.1 Å². The molecular formula is C9H7NO3. The van der Waals surface area contributed by atoms with Crippen molar-refractivity contribution in [2.75, 3.05) is 0 Å². The maximum absolute atomic E-state index is 10.5. The van der Waals surface area contributed by atoms with Crippen LogP contribution in [0.2, 0.25) is 0 Å². The van der Waals surface area contributed by atoms with E-state index in [4.69, 9.17) is 9.52 Å². The highest BCUT2D eigenvalue weighted by molar-refractivity contribution is 5.90. The lowest BCUT2D eigenvalue weighted by atomic mass is 10.3. The first kappa shape index (κ1) is 7.79. The summed E-state index contributed by atoms with van der Waals surface area (Å²) in [6.45, 7) is 1.82. The lowest BCUT2D eigenvalue weighted by Crippen LogP contribution is -1.91. The van der Waals surface area contributed by atoms with Crippen LogP contribution in [0.4, 0.5) is 0 Å². The van der Waals surface area contributed by atoms with Gasteiger partial charge in [-0.2, -0.15) is 0 Å². The van der Waals surface area contributed by atoms with Crippen molar-refractivity contribution < 1.29 is 14.3 Å². The number of aromatic nitrogens is 1. The second-order valence-electron chi connectivity index (χ2n) is 2.76. The summed E-state index contributed by atoms with van der Waals surface area (Å²) in [5.41, 5.74) is 1.18. The molecule has 0 aromatic carbocycles. The maximum Gasteiger partial charge on any atom is 0.371 e. The van der Waals surface area contributed by atoms with Crippen LogP contribution in [0.15, 0.2) is 22.6 Å². The molecule has 0 aliphatic heterocycles. The molecule has 13 heavy (non-hydrogen) atoms. The largest absolute Gasteiger partial charge is 0.475 e. The van der Waals surface area contributed by atoms with Gasteiger partial charge in [-0.15, -0.1) is 0 Å². The molecule has 0 spiro atoms. The predicted octanol–water partition coefficient (Wildman–Crippen LogP) is 1.83. The monoisotopic (exact) mass is 177 g/mol. The highest BCUT2D eigenvalue weighted by atomic mass is 16.4. The van der Waals surface area contributed by atoms with Gasteiger partial charge in [-0.05, 0) is 19.1 Å². The number of aromatic carboxylic acids is 1. The molecule has 2 aromatic rings. The molecule has 0 atom stereocenters. The van der Waals surface area contributed by atoms with E-state index in [9.17, 15) is 4.79 Å². The lowest BCUT2D eigenvalue weighted by molar-refractivity contribution is 0.0664. The number of aryl methyl sites for hydroxylation is 1. The number of rotatable bonds is 1. The number of furan rings is 1. The van der Waals surface area contributed by atoms with Crippen LogP contribution >= 0.6 is 0 Å². The van der Waals surface area contributed by atoms with Crippen molar-refractivity contribution in [2.24, 2.45) is 0 Å². The van der Waals surface area contributed by atoms with Crippen LogP contribution in [0.1, 0.15) is 16.2 Å². The van der Waals surface area contributed by atoms with E-state index in [1.165, 1.54) is 6.07 Å². The standard InChI is InChI=1S/C9H7NO3/c1-5-2-3-6-4-7(9(11)12)13-8(6)10-5/h2-4H,1H3,(H,11,12). The molecule has 4 heteroatoms. The minimum absolute atomic E-state index is 0.0758. The Morgan fingerprint density at radius 1 is 1.54 bits per heavy atom. The normalized spacial score (nSPS) is 10.5. The number of nitrogens with zero attached hydrogens (tertiary/aromatic N) is 1. The molecule has 0 saturated heterocycles. The Hall–Kier alpha value is -1.84. The van der Waals surface area contributed by atoms with Crippen molar-refractivity contribution in [3.63, 3.8) is 0 Å². The van der Waals surface area contributed by atoms with Crippen LogP contribution in [0, 0.1) is 6.92 Å². The third kappa shape index (κ3) is 1.26. The summed E-state index contributed by atoms with van der Waals surface area (Å²) in [5, 5.41) is 9.34. The fourth-order valence-corrected chi connectivity index (χ4v) is 1.12. The number of hydrogen-bond acceptors (Lipinski definition) is 3. The fraction of sp³-hybridized carbons (Fsp3) is 0.111. The molecule has 1 N–H and O–H groups in total. The summed E-state index contributed by atoms with van der Waals surface area (Å²) >= 11 is 0. The lowest BCUT2D eigenvalue weighted by Gasteiger charge is -1.88. The zero-order valence-electron chi connectivity index (χ0n) is 6.94. The van der Waals surface area contributed by atoms with E-state index in [2.05, 4.69) is 4.98 Å². The number of carbonyl (C=O) groups is 1. The SMILES string of the molecule is Cc1ccc2cc(C(=O)O)oc2n1. The molecule has 2 rings (SSSR count). The van der Waals surface area contributed by atoms with E-state index in [0.717, 1.165) is 5.69 Å². The minimum Gasteiger partial charge on any atom is -0.475 e. The summed E-state index contributed by atoms with van der Waals surface area (Å²) in [6.07, 6.45) is 0. The van der Waals surface area contributed by atoms with E-state index < -0.39 is 5.97 Å². The molecular weight excluding hydrogens is 170 g/mol. The van der Waals surface area contributed by atoms with E-state index in [-0.39, 0.29) is 5.76 Å². The molecule has 0 fully saturated rings. The number of pyridine rings is 1. The van der Waals surface area contributed by atoms with Crippen LogP contribution in [0.25, 0.3) is 11.1 Å². The fourth-order valence-electron chi connectivity index (χ4n) is 1.12. The average Bonchev–Trinajstić information content (AvgIpc) is 2.46. The zero-order valence-corrected chi connectivity index (χ0v) is 6.94. The molecule has 66 valence electrons. The highest BCUT2D eigenvalue weighted by Gasteiger charge is 2.10. The second kappa shape index (κ2) is 2.58. The van der Waals surface area contributed by atoms with Crippen LogP contribution in [-0.2, 0) is 0 Å². The summed E-state index contributed by atoms with van der Waals surface area (Å²) < 4.78 is 5.00. The Balaban J connectivity index is 2.68. The molecule has 4 nitrogen and oxygen atoms in total. The Morgan fingerprint density at radius 2 is 2.31 bits per heavy atom. The predicted molar refractivity (Wildman–Crippen MR) is 45.7 cm³/mol. The van der Waals surface area contributed by atoms with Gasteiger partial charge >= 0.3 is 5.97 Å². The second-order valence-corrected chi connectivity index (χ2v) is 2.76. The summed E-state index contributed by atoms with van der Waals surface area (Å²) in [6, 6.07) is 5.06. The first-order chi connectivity index (χ1) is 6.16. The zero-order chi connectivity index (χ0) is 9.42. The van der Waals surface area contributed by atoms with Crippen LogP contribution in [0.3, 0.4) is 0 Å². The maximum atomic E-state index is 10.5. The third-order valence-corrected chi connectivity index (χ3v) is 1.73. The smallest absolute Gasteiger partial charge is 0.371 e. The number of carboxylic acids is 1. The Kier molecular flexibility index (Phi) is 1.55. The van der Waals surface area contributed by atoms with E-state index in [1.54, 1.807) is 6.07 Å². The van der Waals surface area contributed by atoms with Crippen molar-refractivity contribution in [1.29, 1.82) is 0 Å². The highest BCUT2D eigenvalue weighted by Crippen LogP contribution is 2.17. The van der Waals surface area contributed by atoms with E-state index in [1.807, 2.05) is 13.0 Å². The number of carboxylic acid groups (broad SMARTS) is 1. The van der Waals surface area contributed by atoms with Gasteiger partial charge in [0.2, 0.25) is 11.5 Å². The molecule has 0 unspecified atom stereocenters. The van der Waals surface area contributed by atoms with Gasteiger partial charge in [-0.1, -0.05) is 0 Å². The molecule has 0 radical (unpaired) electrons. The van der Waals surface area contributed by atoms with E-state index in [0.29, 0.717) is 11.1 Å². The van der Waals surface area contributed by atoms with Gasteiger partial charge < -0.3 is 9.52 Å². The third-order valence-electron chi connectivity index (χ3n) is 1.73. The first-order valence-corrected chi connectivity index (χ1v) is 3.77. The summed E-state index contributed by atoms with van der Waals surface area (Å²) in [7, 11) is 0. The minimum atomic E-state index is -1.07. The van der Waals surface area contributed by atoms with Gasteiger partial charge in [0.1, 0.15) is 0 Å². The average molecular weight is 177 g/mol. The van der Waals surface area contributed by atoms with Crippen molar-refractivity contribution in [3.05, 3.63) is 29.7 Å². The molecule has 0 saturated carbocycles. The molecule has 2 aromatic heterocycles. The molecule has 2 heterocycles. The number of hydrogen-bond donors (Lipinski definition) is 1. The van der Waals surface area contributed by atoms with Crippen LogP contribution in [0.5, 0.6) is 0 Å². The Labute approximate surface area is 73.8 Å². The van der Waals surface area contributed by atoms with Crippen LogP contribution < -0.4 is 0 Å². The van der Waals surface area contributed by atoms with Gasteiger partial charge in [0.05, 0.1) is 0 Å². The van der Waals surface area contributed by atoms with Gasteiger partial charge in [0.25, 0.3) is 0 Å². The Morgan fingerprint density at radius 3 is 3.00 bits per heavy atom. The molecule has 0 amide bonds. The van der Waals surface area contributed by atoms with Crippen molar-refractivity contribution in [1.82, 2.24) is 4.98 Å². The topological polar surface area (TPSA) is 63.3 Å². The first-order valence-electron chi connectivity index (χ1n) is 3.77. The van der Waals surface area contributed by atoms with Crippen molar-refractivity contribution in [3.8, 4) is 0 Å². The summed E-state index contributed by atoms with van der Waals surface area (Å²) in [5.74, 6) is -1.15. The van der Waals surface area contributed by atoms with Crippen LogP contribution in [-0.4, -0.2) is 16.1 Å². The van der Waals surface area contributed by atoms with Gasteiger partial charge in [0.15, 0.2) is 0 Å². The van der Waals surface area contributed by atoms with Gasteiger partial charge in [0, 0.05) is 17.1 Å². The van der Waals surface area contributed by atoms with Gasteiger partial charge in [-0.25, -0.2) is 9.78 Å². The molecule has 0 aliphatic rings. The van der Waals surface area contributed by atoms with E-state index >= 15 is 0 Å².